The number of aromatic nitrogens is 2. The first-order chi connectivity index (χ1) is 16.5. The molecule has 6 nitrogen and oxygen atoms in total. The van der Waals surface area contributed by atoms with E-state index in [4.69, 9.17) is 4.98 Å². The molecule has 1 aromatic heterocycles. The molecule has 176 valence electrons. The molecule has 2 aromatic carbocycles. The second-order valence-corrected chi connectivity index (χ2v) is 10.9. The first-order valence-corrected chi connectivity index (χ1v) is 12.6. The normalized spacial score (nSPS) is 28.1. The molecule has 2 N–H and O–H groups in total. The number of para-hydroxylation sites is 2. The third-order valence-electron chi connectivity index (χ3n) is 8.20. The van der Waals surface area contributed by atoms with Gasteiger partial charge in [0.2, 0.25) is 5.91 Å². The van der Waals surface area contributed by atoms with Crippen LogP contribution in [0.25, 0.3) is 11.0 Å². The molecule has 0 spiro atoms. The predicted octanol–water partition coefficient (Wildman–Crippen LogP) is 4.61. The number of carbonyl (C=O) groups is 2. The maximum atomic E-state index is 13.4. The molecule has 4 bridgehead atoms. The summed E-state index contributed by atoms with van der Waals surface area (Å²) < 4.78 is 1.97. The standard InChI is InChI=1S/C28H32N4O2/c1-18(29-27(34)22-7-3-2-4-8-22)26-30-23-9-5-6-10-24(23)32(26)17-25(33)31-28-14-19-11-20(15-28)13-21(12-19)16-28/h2-10,18-21H,11-17H2,1H3,(H,29,34)(H,31,33)/t18-,19?,20?,21?,28?/m0/s1. The van der Waals surface area contributed by atoms with Crippen LogP contribution < -0.4 is 10.6 Å². The average Bonchev–Trinajstić information content (AvgIpc) is 3.17. The zero-order chi connectivity index (χ0) is 23.3. The van der Waals surface area contributed by atoms with Gasteiger partial charge in [-0.05, 0) is 87.5 Å². The summed E-state index contributed by atoms with van der Waals surface area (Å²) in [7, 11) is 0. The van der Waals surface area contributed by atoms with Gasteiger partial charge in [0, 0.05) is 11.1 Å². The average molecular weight is 457 g/mol. The lowest BCUT2D eigenvalue weighted by molar-refractivity contribution is -0.127. The fourth-order valence-electron chi connectivity index (χ4n) is 7.27. The van der Waals surface area contributed by atoms with Crippen molar-refractivity contribution in [1.82, 2.24) is 20.2 Å². The van der Waals surface area contributed by atoms with Crippen molar-refractivity contribution < 1.29 is 9.59 Å². The molecule has 0 unspecified atom stereocenters. The minimum atomic E-state index is -0.340. The first kappa shape index (κ1) is 21.4. The van der Waals surface area contributed by atoms with Gasteiger partial charge in [-0.15, -0.1) is 0 Å². The smallest absolute Gasteiger partial charge is 0.251 e. The van der Waals surface area contributed by atoms with Gasteiger partial charge in [0.05, 0.1) is 17.1 Å². The summed E-state index contributed by atoms with van der Waals surface area (Å²) in [6.07, 6.45) is 7.45. The zero-order valence-corrected chi connectivity index (χ0v) is 19.7. The third-order valence-corrected chi connectivity index (χ3v) is 8.20. The van der Waals surface area contributed by atoms with Crippen molar-refractivity contribution >= 4 is 22.8 Å². The minimum Gasteiger partial charge on any atom is -0.349 e. The van der Waals surface area contributed by atoms with E-state index in [1.807, 2.05) is 54.0 Å². The molecule has 3 aromatic rings. The quantitative estimate of drug-likeness (QED) is 0.569. The van der Waals surface area contributed by atoms with E-state index in [1.165, 1.54) is 19.3 Å². The number of nitrogens with one attached hydrogen (secondary N) is 2. The molecule has 4 aliphatic carbocycles. The van der Waals surface area contributed by atoms with E-state index in [-0.39, 0.29) is 29.9 Å². The van der Waals surface area contributed by atoms with E-state index in [9.17, 15) is 9.59 Å². The highest BCUT2D eigenvalue weighted by atomic mass is 16.2. The Morgan fingerprint density at radius 3 is 2.26 bits per heavy atom. The second-order valence-electron chi connectivity index (χ2n) is 10.9. The third kappa shape index (κ3) is 3.89. The van der Waals surface area contributed by atoms with Gasteiger partial charge in [-0.25, -0.2) is 4.98 Å². The number of hydrogen-bond donors (Lipinski definition) is 2. The fourth-order valence-corrected chi connectivity index (χ4v) is 7.27. The summed E-state index contributed by atoms with van der Waals surface area (Å²) in [5.74, 6) is 2.95. The van der Waals surface area contributed by atoms with E-state index in [1.54, 1.807) is 12.1 Å². The highest BCUT2D eigenvalue weighted by Gasteiger charge is 2.51. The summed E-state index contributed by atoms with van der Waals surface area (Å²) in [5, 5.41) is 6.55. The van der Waals surface area contributed by atoms with Crippen molar-refractivity contribution in [3.63, 3.8) is 0 Å². The molecule has 4 aliphatic rings. The van der Waals surface area contributed by atoms with E-state index < -0.39 is 0 Å². The Morgan fingerprint density at radius 1 is 0.971 bits per heavy atom. The maximum absolute atomic E-state index is 13.4. The van der Waals surface area contributed by atoms with Crippen LogP contribution in [0.1, 0.15) is 67.7 Å². The molecule has 0 radical (unpaired) electrons. The lowest BCUT2D eigenvalue weighted by Crippen LogP contribution is -2.60. The van der Waals surface area contributed by atoms with Crippen LogP contribution in [-0.2, 0) is 11.3 Å². The molecule has 4 fully saturated rings. The van der Waals surface area contributed by atoms with Crippen molar-refractivity contribution in [2.24, 2.45) is 17.8 Å². The van der Waals surface area contributed by atoms with Gasteiger partial charge < -0.3 is 15.2 Å². The number of imidazole rings is 1. The molecule has 1 heterocycles. The molecule has 7 rings (SSSR count). The summed E-state index contributed by atoms with van der Waals surface area (Å²) in [6, 6.07) is 16.7. The molecule has 4 saturated carbocycles. The van der Waals surface area contributed by atoms with E-state index in [2.05, 4.69) is 10.6 Å². The SMILES string of the molecule is C[C@H](NC(=O)c1ccccc1)c1nc2ccccc2n1CC(=O)NC12CC3CC(CC(C3)C1)C2. The number of hydrogen-bond acceptors (Lipinski definition) is 3. The Kier molecular flexibility index (Phi) is 5.19. The van der Waals surface area contributed by atoms with Gasteiger partial charge in [0.25, 0.3) is 5.91 Å². The van der Waals surface area contributed by atoms with Crippen LogP contribution in [-0.4, -0.2) is 26.9 Å². The Bertz CT molecular complexity index is 1200. The molecule has 6 heteroatoms. The monoisotopic (exact) mass is 456 g/mol. The Hall–Kier alpha value is -3.15. The van der Waals surface area contributed by atoms with Crippen LogP contribution in [0.5, 0.6) is 0 Å². The highest BCUT2D eigenvalue weighted by molar-refractivity contribution is 5.94. The zero-order valence-electron chi connectivity index (χ0n) is 19.7. The van der Waals surface area contributed by atoms with E-state index in [0.29, 0.717) is 11.4 Å². The minimum absolute atomic E-state index is 0.0183. The van der Waals surface area contributed by atoms with E-state index >= 15 is 0 Å². The molecule has 34 heavy (non-hydrogen) atoms. The molecule has 2 amide bonds. The van der Waals surface area contributed by atoms with Crippen LogP contribution in [0, 0.1) is 17.8 Å². The van der Waals surface area contributed by atoms with Crippen molar-refractivity contribution in [2.45, 2.75) is 63.6 Å². The van der Waals surface area contributed by atoms with Crippen LogP contribution in [0.15, 0.2) is 54.6 Å². The van der Waals surface area contributed by atoms with Crippen molar-refractivity contribution in [2.75, 3.05) is 0 Å². The Labute approximate surface area is 200 Å². The van der Waals surface area contributed by atoms with Crippen molar-refractivity contribution in [3.8, 4) is 0 Å². The lowest BCUT2D eigenvalue weighted by Gasteiger charge is -2.56. The number of amides is 2. The summed E-state index contributed by atoms with van der Waals surface area (Å²) in [5.41, 5.74) is 2.34. The van der Waals surface area contributed by atoms with E-state index in [0.717, 1.165) is 48.0 Å². The van der Waals surface area contributed by atoms with Crippen LogP contribution in [0.2, 0.25) is 0 Å². The number of carbonyl (C=O) groups excluding carboxylic acids is 2. The van der Waals surface area contributed by atoms with Crippen LogP contribution in [0.3, 0.4) is 0 Å². The van der Waals surface area contributed by atoms with Gasteiger partial charge in [-0.3, -0.25) is 9.59 Å². The number of fused-ring (bicyclic) bond motifs is 1. The largest absolute Gasteiger partial charge is 0.349 e. The lowest BCUT2D eigenvalue weighted by atomic mass is 9.53. The first-order valence-electron chi connectivity index (χ1n) is 12.6. The van der Waals surface area contributed by atoms with Gasteiger partial charge in [-0.2, -0.15) is 0 Å². The molecule has 1 atom stereocenters. The number of rotatable bonds is 6. The van der Waals surface area contributed by atoms with Gasteiger partial charge in [-0.1, -0.05) is 30.3 Å². The summed E-state index contributed by atoms with van der Waals surface area (Å²) in [4.78, 5) is 31.0. The van der Waals surface area contributed by atoms with Crippen molar-refractivity contribution in [3.05, 3.63) is 66.0 Å². The highest BCUT2D eigenvalue weighted by Crippen LogP contribution is 2.55. The number of benzene rings is 2. The Morgan fingerprint density at radius 2 is 1.59 bits per heavy atom. The second kappa shape index (κ2) is 8.26. The van der Waals surface area contributed by atoms with Crippen LogP contribution >= 0.6 is 0 Å². The molecule has 0 aliphatic heterocycles. The number of nitrogens with zero attached hydrogens (tertiary/aromatic N) is 2. The maximum Gasteiger partial charge on any atom is 0.251 e. The molecular weight excluding hydrogens is 424 g/mol. The molecular formula is C28H32N4O2. The topological polar surface area (TPSA) is 76.0 Å². The van der Waals surface area contributed by atoms with Crippen molar-refractivity contribution in [1.29, 1.82) is 0 Å². The Balaban J connectivity index is 1.24. The van der Waals surface area contributed by atoms with Crippen LogP contribution in [0.4, 0.5) is 0 Å². The van der Waals surface area contributed by atoms with Gasteiger partial charge in [0.1, 0.15) is 12.4 Å². The predicted molar refractivity (Wildman–Crippen MR) is 131 cm³/mol. The summed E-state index contributed by atoms with van der Waals surface area (Å²) >= 11 is 0. The van der Waals surface area contributed by atoms with Gasteiger partial charge in [0.15, 0.2) is 0 Å². The van der Waals surface area contributed by atoms with Gasteiger partial charge >= 0.3 is 0 Å². The summed E-state index contributed by atoms with van der Waals surface area (Å²) in [6.45, 7) is 2.14. The molecule has 0 saturated heterocycles. The fraction of sp³-hybridized carbons (Fsp3) is 0.464.